The fourth-order valence-electron chi connectivity index (χ4n) is 1.82. The highest BCUT2D eigenvalue weighted by Crippen LogP contribution is 2.32. The van der Waals surface area contributed by atoms with Crippen LogP contribution in [0.3, 0.4) is 0 Å². The van der Waals surface area contributed by atoms with Crippen LogP contribution in [0.1, 0.15) is 6.42 Å². The number of anilines is 1. The van der Waals surface area contributed by atoms with Gasteiger partial charge in [0.2, 0.25) is 15.0 Å². The van der Waals surface area contributed by atoms with Crippen LogP contribution in [0.5, 0.6) is 0 Å². The molecule has 0 aliphatic carbocycles. The molecule has 0 radical (unpaired) electrons. The number of amides is 1. The Morgan fingerprint density at radius 2 is 1.95 bits per heavy atom. The van der Waals surface area contributed by atoms with Gasteiger partial charge in [-0.05, 0) is 12.1 Å². The number of benzene rings is 1. The van der Waals surface area contributed by atoms with Gasteiger partial charge >= 0.3 is 0 Å². The summed E-state index contributed by atoms with van der Waals surface area (Å²) in [7, 11) is 1.24. The van der Waals surface area contributed by atoms with E-state index in [9.17, 15) is 22.0 Å². The molecule has 1 atom stereocenters. The number of nitrogens with zero attached hydrogens (tertiary/aromatic N) is 1. The minimum atomic E-state index is -3.93. The molecule has 0 bridgehead atoms. The number of halogens is 4. The normalized spacial score (nSPS) is 20.1. The summed E-state index contributed by atoms with van der Waals surface area (Å²) < 4.78 is 49.1. The first-order valence-corrected chi connectivity index (χ1v) is 7.84. The standard InChI is InChI=1S/C10H7Cl2F2NO3S/c11-9-6(13)1-2-7(10(9)14)15-4-5(3-8(15)16)19(12,17)18/h1-2,5H,3-4H2. The second-order valence-electron chi connectivity index (χ2n) is 4.00. The predicted octanol–water partition coefficient (Wildman–Crippen LogP) is 2.29. The van der Waals surface area contributed by atoms with Crippen LogP contribution in [-0.2, 0) is 13.8 Å². The molecule has 1 aromatic rings. The molecule has 1 aliphatic heterocycles. The fraction of sp³-hybridized carbons (Fsp3) is 0.300. The van der Waals surface area contributed by atoms with Crippen LogP contribution >= 0.6 is 22.3 Å². The first-order chi connectivity index (χ1) is 8.71. The zero-order valence-corrected chi connectivity index (χ0v) is 11.6. The summed E-state index contributed by atoms with van der Waals surface area (Å²) in [5.74, 6) is -2.69. The molecule has 4 nitrogen and oxygen atoms in total. The van der Waals surface area contributed by atoms with E-state index in [-0.39, 0.29) is 18.7 Å². The van der Waals surface area contributed by atoms with Crippen molar-refractivity contribution in [3.8, 4) is 0 Å². The molecule has 0 saturated carbocycles. The molecule has 0 N–H and O–H groups in total. The van der Waals surface area contributed by atoms with Crippen molar-refractivity contribution in [3.63, 3.8) is 0 Å². The third-order valence-corrected chi connectivity index (χ3v) is 5.01. The topological polar surface area (TPSA) is 54.5 Å². The van der Waals surface area contributed by atoms with E-state index < -0.39 is 36.9 Å². The Bertz CT molecular complexity index is 650. The molecule has 1 aromatic carbocycles. The van der Waals surface area contributed by atoms with Crippen molar-refractivity contribution in [2.75, 3.05) is 11.4 Å². The summed E-state index contributed by atoms with van der Waals surface area (Å²) in [5, 5.41) is -1.87. The molecule has 1 saturated heterocycles. The molecule has 0 aromatic heterocycles. The minimum absolute atomic E-state index is 0.265. The van der Waals surface area contributed by atoms with Crippen LogP contribution in [0, 0.1) is 11.6 Å². The van der Waals surface area contributed by atoms with E-state index in [1.54, 1.807) is 0 Å². The van der Waals surface area contributed by atoms with Gasteiger partial charge in [-0.25, -0.2) is 17.2 Å². The SMILES string of the molecule is O=C1CC(S(=O)(=O)Cl)CN1c1ccc(F)c(Cl)c1F. The van der Waals surface area contributed by atoms with E-state index in [4.69, 9.17) is 22.3 Å². The maximum Gasteiger partial charge on any atom is 0.237 e. The number of hydrogen-bond acceptors (Lipinski definition) is 3. The van der Waals surface area contributed by atoms with Crippen molar-refractivity contribution in [2.24, 2.45) is 0 Å². The Balaban J connectivity index is 2.39. The molecular weight excluding hydrogens is 323 g/mol. The quantitative estimate of drug-likeness (QED) is 0.618. The van der Waals surface area contributed by atoms with E-state index in [0.29, 0.717) is 0 Å². The van der Waals surface area contributed by atoms with Crippen molar-refractivity contribution >= 4 is 42.9 Å². The predicted molar refractivity (Wildman–Crippen MR) is 66.9 cm³/mol. The Morgan fingerprint density at radius 1 is 1.32 bits per heavy atom. The monoisotopic (exact) mass is 329 g/mol. The zero-order valence-electron chi connectivity index (χ0n) is 9.24. The van der Waals surface area contributed by atoms with Gasteiger partial charge in [-0.15, -0.1) is 0 Å². The lowest BCUT2D eigenvalue weighted by atomic mass is 10.2. The van der Waals surface area contributed by atoms with Gasteiger partial charge in [0.25, 0.3) is 0 Å². The summed E-state index contributed by atoms with van der Waals surface area (Å²) in [4.78, 5) is 12.6. The lowest BCUT2D eigenvalue weighted by Crippen LogP contribution is -2.27. The maximum absolute atomic E-state index is 13.8. The van der Waals surface area contributed by atoms with Crippen LogP contribution in [-0.4, -0.2) is 26.1 Å². The molecule has 1 fully saturated rings. The Morgan fingerprint density at radius 3 is 2.47 bits per heavy atom. The van der Waals surface area contributed by atoms with Crippen LogP contribution < -0.4 is 4.90 Å². The van der Waals surface area contributed by atoms with E-state index >= 15 is 0 Å². The summed E-state index contributed by atoms with van der Waals surface area (Å²) in [6.45, 7) is -0.288. The van der Waals surface area contributed by atoms with Crippen LogP contribution in [0.4, 0.5) is 14.5 Å². The van der Waals surface area contributed by atoms with Crippen LogP contribution in [0.2, 0.25) is 5.02 Å². The van der Waals surface area contributed by atoms with E-state index in [1.165, 1.54) is 0 Å². The van der Waals surface area contributed by atoms with Crippen molar-refractivity contribution < 1.29 is 22.0 Å². The van der Waals surface area contributed by atoms with Crippen LogP contribution in [0.25, 0.3) is 0 Å². The largest absolute Gasteiger partial charge is 0.308 e. The third-order valence-electron chi connectivity index (χ3n) is 2.79. The second kappa shape index (κ2) is 4.88. The summed E-state index contributed by atoms with van der Waals surface area (Å²) in [6, 6.07) is 1.92. The van der Waals surface area contributed by atoms with Gasteiger partial charge in [0.1, 0.15) is 16.1 Å². The van der Waals surface area contributed by atoms with Gasteiger partial charge < -0.3 is 4.90 Å². The molecular formula is C10H7Cl2F2NO3S. The Kier molecular flexibility index (Phi) is 3.72. The highest BCUT2D eigenvalue weighted by atomic mass is 35.7. The van der Waals surface area contributed by atoms with E-state index in [2.05, 4.69) is 0 Å². The lowest BCUT2D eigenvalue weighted by molar-refractivity contribution is -0.117. The number of carbonyl (C=O) groups is 1. The highest BCUT2D eigenvalue weighted by molar-refractivity contribution is 8.14. The average molecular weight is 330 g/mol. The Labute approximate surface area is 117 Å². The Hall–Kier alpha value is -0.920. The van der Waals surface area contributed by atoms with Gasteiger partial charge in [-0.3, -0.25) is 4.79 Å². The van der Waals surface area contributed by atoms with Crippen molar-refractivity contribution in [1.29, 1.82) is 0 Å². The smallest absolute Gasteiger partial charge is 0.237 e. The average Bonchev–Trinajstić information content (AvgIpc) is 2.68. The molecule has 19 heavy (non-hydrogen) atoms. The number of rotatable bonds is 2. The molecule has 1 aliphatic rings. The molecule has 0 spiro atoms. The summed E-state index contributed by atoms with van der Waals surface area (Å²) >= 11 is 5.40. The molecule has 104 valence electrons. The van der Waals surface area contributed by atoms with Crippen molar-refractivity contribution in [2.45, 2.75) is 11.7 Å². The van der Waals surface area contributed by atoms with Crippen LogP contribution in [0.15, 0.2) is 12.1 Å². The molecule has 1 heterocycles. The minimum Gasteiger partial charge on any atom is -0.308 e. The summed E-state index contributed by atoms with van der Waals surface area (Å²) in [5.41, 5.74) is -0.265. The number of hydrogen-bond donors (Lipinski definition) is 0. The second-order valence-corrected chi connectivity index (χ2v) is 7.29. The first kappa shape index (κ1) is 14.5. The molecule has 2 rings (SSSR count). The van der Waals surface area contributed by atoms with E-state index in [1.807, 2.05) is 0 Å². The molecule has 9 heteroatoms. The lowest BCUT2D eigenvalue weighted by Gasteiger charge is -2.17. The third kappa shape index (κ3) is 2.68. The summed E-state index contributed by atoms with van der Waals surface area (Å²) in [6.07, 6.45) is -0.347. The van der Waals surface area contributed by atoms with Gasteiger partial charge in [-0.1, -0.05) is 11.6 Å². The fourth-order valence-corrected chi connectivity index (χ4v) is 3.01. The van der Waals surface area contributed by atoms with E-state index in [0.717, 1.165) is 17.0 Å². The number of carbonyl (C=O) groups excluding carboxylic acids is 1. The highest BCUT2D eigenvalue weighted by Gasteiger charge is 2.39. The zero-order chi connectivity index (χ0) is 14.4. The van der Waals surface area contributed by atoms with Crippen molar-refractivity contribution in [3.05, 3.63) is 28.8 Å². The first-order valence-electron chi connectivity index (χ1n) is 5.09. The molecule has 1 unspecified atom stereocenters. The van der Waals surface area contributed by atoms with Gasteiger partial charge in [-0.2, -0.15) is 0 Å². The van der Waals surface area contributed by atoms with Crippen molar-refractivity contribution in [1.82, 2.24) is 0 Å². The van der Waals surface area contributed by atoms with Gasteiger partial charge in [0, 0.05) is 23.6 Å². The maximum atomic E-state index is 13.8. The van der Waals surface area contributed by atoms with Gasteiger partial charge in [0.05, 0.1) is 5.69 Å². The molecule has 1 amide bonds. The van der Waals surface area contributed by atoms with Gasteiger partial charge in [0.15, 0.2) is 5.82 Å².